The van der Waals surface area contributed by atoms with Crippen molar-refractivity contribution in [2.45, 2.75) is 46.8 Å². The summed E-state index contributed by atoms with van der Waals surface area (Å²) in [5, 5.41) is 14.2. The van der Waals surface area contributed by atoms with Gasteiger partial charge in [0.1, 0.15) is 5.69 Å². The van der Waals surface area contributed by atoms with Crippen LogP contribution in [-0.4, -0.2) is 17.6 Å². The fraction of sp³-hybridized carbons (Fsp3) is 0.600. The molecule has 0 radical (unpaired) electrons. The van der Waals surface area contributed by atoms with Gasteiger partial charge in [-0.15, -0.1) is 0 Å². The molecule has 0 bridgehead atoms. The van der Waals surface area contributed by atoms with Gasteiger partial charge >= 0.3 is 0 Å². The zero-order chi connectivity index (χ0) is 15.1. The quantitative estimate of drug-likeness (QED) is 0.578. The lowest BCUT2D eigenvalue weighted by Gasteiger charge is -2.16. The Bertz CT molecular complexity index is 447. The molecule has 0 aliphatic heterocycles. The highest BCUT2D eigenvalue weighted by molar-refractivity contribution is 5.62. The Kier molecular flexibility index (Phi) is 6.45. The van der Waals surface area contributed by atoms with Gasteiger partial charge in [-0.25, -0.2) is 0 Å². The molecule has 1 atom stereocenters. The van der Waals surface area contributed by atoms with Crippen LogP contribution in [0.15, 0.2) is 18.2 Å². The highest BCUT2D eigenvalue weighted by Gasteiger charge is 2.15. The minimum absolute atomic E-state index is 0.108. The predicted molar refractivity (Wildman–Crippen MR) is 81.0 cm³/mol. The van der Waals surface area contributed by atoms with Crippen molar-refractivity contribution in [3.63, 3.8) is 0 Å². The standard InChI is InChI=1S/C15H24N2O3/c1-5-8-16-14-7-6-13(9-15(14)17(18)19)10-20-12(4)11(2)3/h6-7,9,11-12,16H,5,8,10H2,1-4H3. The van der Waals surface area contributed by atoms with Crippen LogP contribution in [0.1, 0.15) is 39.7 Å². The van der Waals surface area contributed by atoms with Crippen LogP contribution in [-0.2, 0) is 11.3 Å². The Balaban J connectivity index is 2.79. The summed E-state index contributed by atoms with van der Waals surface area (Å²) < 4.78 is 5.70. The summed E-state index contributed by atoms with van der Waals surface area (Å²) in [5.41, 5.74) is 1.50. The van der Waals surface area contributed by atoms with E-state index in [-0.39, 0.29) is 16.7 Å². The van der Waals surface area contributed by atoms with Gasteiger partial charge in [0.05, 0.1) is 17.6 Å². The zero-order valence-corrected chi connectivity index (χ0v) is 12.7. The highest BCUT2D eigenvalue weighted by atomic mass is 16.6. The molecule has 1 rings (SSSR count). The molecule has 0 fully saturated rings. The molecule has 5 nitrogen and oxygen atoms in total. The molecular formula is C15H24N2O3. The van der Waals surface area contributed by atoms with E-state index in [1.807, 2.05) is 19.9 Å². The lowest BCUT2D eigenvalue weighted by atomic mass is 10.1. The maximum Gasteiger partial charge on any atom is 0.292 e. The Hall–Kier alpha value is -1.62. The Morgan fingerprint density at radius 3 is 2.60 bits per heavy atom. The highest BCUT2D eigenvalue weighted by Crippen LogP contribution is 2.26. The average molecular weight is 280 g/mol. The number of anilines is 1. The molecule has 0 spiro atoms. The molecule has 5 heteroatoms. The zero-order valence-electron chi connectivity index (χ0n) is 12.7. The van der Waals surface area contributed by atoms with Crippen molar-refractivity contribution < 1.29 is 9.66 Å². The molecule has 1 aromatic rings. The number of hydrogen-bond acceptors (Lipinski definition) is 4. The second kappa shape index (κ2) is 7.85. The number of nitro benzene ring substituents is 1. The van der Waals surface area contributed by atoms with Gasteiger partial charge in [-0.05, 0) is 30.9 Å². The normalized spacial score (nSPS) is 12.4. The van der Waals surface area contributed by atoms with Crippen molar-refractivity contribution in [3.8, 4) is 0 Å². The topological polar surface area (TPSA) is 64.4 Å². The average Bonchev–Trinajstić information content (AvgIpc) is 2.42. The van der Waals surface area contributed by atoms with Crippen molar-refractivity contribution in [1.82, 2.24) is 0 Å². The van der Waals surface area contributed by atoms with E-state index in [1.165, 1.54) is 0 Å². The molecule has 112 valence electrons. The summed E-state index contributed by atoms with van der Waals surface area (Å²) in [7, 11) is 0. The summed E-state index contributed by atoms with van der Waals surface area (Å²) in [4.78, 5) is 10.8. The maximum absolute atomic E-state index is 11.1. The number of rotatable bonds is 8. The van der Waals surface area contributed by atoms with E-state index in [0.717, 1.165) is 18.5 Å². The molecule has 1 aromatic carbocycles. The van der Waals surface area contributed by atoms with Gasteiger partial charge < -0.3 is 10.1 Å². The smallest absolute Gasteiger partial charge is 0.292 e. The number of nitrogens with zero attached hydrogens (tertiary/aromatic N) is 1. The SMILES string of the molecule is CCCNc1ccc(COC(C)C(C)C)cc1[N+](=O)[O-]. The van der Waals surface area contributed by atoms with Crippen molar-refractivity contribution in [1.29, 1.82) is 0 Å². The third-order valence-corrected chi connectivity index (χ3v) is 3.28. The van der Waals surface area contributed by atoms with Crippen molar-refractivity contribution in [2.24, 2.45) is 5.92 Å². The van der Waals surface area contributed by atoms with E-state index >= 15 is 0 Å². The van der Waals surface area contributed by atoms with Gasteiger partial charge in [0.25, 0.3) is 5.69 Å². The van der Waals surface area contributed by atoms with Gasteiger partial charge in [-0.1, -0.05) is 26.8 Å². The minimum Gasteiger partial charge on any atom is -0.380 e. The largest absolute Gasteiger partial charge is 0.380 e. The molecule has 0 aromatic heterocycles. The van der Waals surface area contributed by atoms with E-state index in [2.05, 4.69) is 19.2 Å². The molecule has 0 aliphatic rings. The summed E-state index contributed by atoms with van der Waals surface area (Å²) in [6.07, 6.45) is 1.06. The summed E-state index contributed by atoms with van der Waals surface area (Å²) >= 11 is 0. The number of benzene rings is 1. The summed E-state index contributed by atoms with van der Waals surface area (Å²) in [6, 6.07) is 5.22. The number of nitrogens with one attached hydrogen (secondary N) is 1. The molecule has 1 unspecified atom stereocenters. The van der Waals surface area contributed by atoms with Crippen LogP contribution in [0.25, 0.3) is 0 Å². The molecule has 0 heterocycles. The number of hydrogen-bond donors (Lipinski definition) is 1. The van der Waals surface area contributed by atoms with E-state index in [0.29, 0.717) is 18.2 Å². The molecule has 1 N–H and O–H groups in total. The first-order valence-electron chi connectivity index (χ1n) is 7.08. The van der Waals surface area contributed by atoms with E-state index in [4.69, 9.17) is 4.74 Å². The molecule has 0 aliphatic carbocycles. The van der Waals surface area contributed by atoms with Gasteiger partial charge in [-0.3, -0.25) is 10.1 Å². The Labute approximate surface area is 120 Å². The molecule has 0 saturated heterocycles. The van der Waals surface area contributed by atoms with Crippen LogP contribution in [0, 0.1) is 16.0 Å². The summed E-state index contributed by atoms with van der Waals surface area (Å²) in [5.74, 6) is 0.426. The molecule has 0 amide bonds. The fourth-order valence-corrected chi connectivity index (χ4v) is 1.65. The molecule has 20 heavy (non-hydrogen) atoms. The van der Waals surface area contributed by atoms with Gasteiger partial charge in [0.2, 0.25) is 0 Å². The first-order chi connectivity index (χ1) is 9.45. The minimum atomic E-state index is -0.354. The van der Waals surface area contributed by atoms with Crippen LogP contribution in [0.5, 0.6) is 0 Å². The van der Waals surface area contributed by atoms with E-state index in [9.17, 15) is 10.1 Å². The maximum atomic E-state index is 11.1. The first-order valence-corrected chi connectivity index (χ1v) is 7.08. The predicted octanol–water partition coefficient (Wildman–Crippen LogP) is 3.98. The second-order valence-corrected chi connectivity index (χ2v) is 5.30. The van der Waals surface area contributed by atoms with Crippen LogP contribution in [0.2, 0.25) is 0 Å². The lowest BCUT2D eigenvalue weighted by molar-refractivity contribution is -0.384. The van der Waals surface area contributed by atoms with Crippen LogP contribution in [0.3, 0.4) is 0 Å². The van der Waals surface area contributed by atoms with Crippen molar-refractivity contribution in [2.75, 3.05) is 11.9 Å². The van der Waals surface area contributed by atoms with Crippen LogP contribution in [0.4, 0.5) is 11.4 Å². The third-order valence-electron chi connectivity index (χ3n) is 3.28. The molecular weight excluding hydrogens is 256 g/mol. The second-order valence-electron chi connectivity index (χ2n) is 5.30. The van der Waals surface area contributed by atoms with E-state index in [1.54, 1.807) is 12.1 Å². The summed E-state index contributed by atoms with van der Waals surface area (Å²) in [6.45, 7) is 9.33. The van der Waals surface area contributed by atoms with Gasteiger partial charge in [0.15, 0.2) is 0 Å². The first kappa shape index (κ1) is 16.4. The van der Waals surface area contributed by atoms with Crippen LogP contribution < -0.4 is 5.32 Å². The van der Waals surface area contributed by atoms with Gasteiger partial charge in [-0.2, -0.15) is 0 Å². The monoisotopic (exact) mass is 280 g/mol. The third kappa shape index (κ3) is 4.81. The van der Waals surface area contributed by atoms with Crippen molar-refractivity contribution in [3.05, 3.63) is 33.9 Å². The Morgan fingerprint density at radius 1 is 1.35 bits per heavy atom. The fourth-order valence-electron chi connectivity index (χ4n) is 1.65. The van der Waals surface area contributed by atoms with Crippen LogP contribution >= 0.6 is 0 Å². The molecule has 0 saturated carbocycles. The number of ether oxygens (including phenoxy) is 1. The van der Waals surface area contributed by atoms with E-state index < -0.39 is 0 Å². The van der Waals surface area contributed by atoms with Gasteiger partial charge in [0, 0.05) is 12.6 Å². The van der Waals surface area contributed by atoms with Crippen molar-refractivity contribution >= 4 is 11.4 Å². The Morgan fingerprint density at radius 2 is 2.05 bits per heavy atom. The lowest BCUT2D eigenvalue weighted by Crippen LogP contribution is -2.15. The number of nitro groups is 1.